The lowest BCUT2D eigenvalue weighted by molar-refractivity contribution is 0.628. The van der Waals surface area contributed by atoms with E-state index in [1.807, 2.05) is 0 Å². The van der Waals surface area contributed by atoms with Crippen molar-refractivity contribution < 1.29 is 4.39 Å². The van der Waals surface area contributed by atoms with E-state index in [4.69, 9.17) is 5.73 Å². The molecule has 0 saturated heterocycles. The monoisotopic (exact) mass is 275 g/mol. The number of aromatic nitrogens is 2. The van der Waals surface area contributed by atoms with Gasteiger partial charge in [0.05, 0.1) is 11.4 Å². The molecule has 5 heteroatoms. The summed E-state index contributed by atoms with van der Waals surface area (Å²) >= 11 is 1.65. The molecule has 0 saturated carbocycles. The molecule has 0 spiro atoms. The van der Waals surface area contributed by atoms with Crippen LogP contribution in [0.3, 0.4) is 0 Å². The minimum Gasteiger partial charge on any atom is -0.330 e. The Morgan fingerprint density at radius 3 is 2.74 bits per heavy atom. The maximum absolute atomic E-state index is 13.0. The van der Waals surface area contributed by atoms with E-state index < -0.39 is 0 Å². The second-order valence-corrected chi connectivity index (χ2v) is 5.66. The van der Waals surface area contributed by atoms with Crippen LogP contribution in [0.1, 0.15) is 10.6 Å². The molecule has 2 N–H and O–H groups in total. The predicted octanol–water partition coefficient (Wildman–Crippen LogP) is 3.01. The summed E-state index contributed by atoms with van der Waals surface area (Å²) in [5, 5.41) is 0. The first-order valence-corrected chi connectivity index (χ1v) is 6.94. The molecule has 0 radical (unpaired) electrons. The van der Waals surface area contributed by atoms with E-state index in [1.165, 1.54) is 17.0 Å². The van der Waals surface area contributed by atoms with Crippen molar-refractivity contribution in [2.45, 2.75) is 13.3 Å². The molecule has 0 fully saturated rings. The third-order valence-corrected chi connectivity index (χ3v) is 3.94. The zero-order valence-corrected chi connectivity index (χ0v) is 11.4. The van der Waals surface area contributed by atoms with E-state index in [0.29, 0.717) is 6.54 Å². The zero-order chi connectivity index (χ0) is 13.4. The highest BCUT2D eigenvalue weighted by Crippen LogP contribution is 2.28. The Hall–Kier alpha value is -1.72. The highest BCUT2D eigenvalue weighted by molar-refractivity contribution is 7.17. The number of rotatable bonds is 3. The number of hydrogen-bond donors (Lipinski definition) is 1. The minimum absolute atomic E-state index is 0.235. The van der Waals surface area contributed by atoms with Gasteiger partial charge in [-0.3, -0.25) is 4.40 Å². The second-order valence-electron chi connectivity index (χ2n) is 4.45. The maximum atomic E-state index is 13.0. The normalized spacial score (nSPS) is 11.3. The fourth-order valence-corrected chi connectivity index (χ4v) is 3.06. The predicted molar refractivity (Wildman–Crippen MR) is 76.0 cm³/mol. The van der Waals surface area contributed by atoms with Crippen LogP contribution in [0.25, 0.3) is 16.2 Å². The fraction of sp³-hybridized carbons (Fsp3) is 0.214. The van der Waals surface area contributed by atoms with Crippen molar-refractivity contribution in [2.75, 3.05) is 6.54 Å². The number of hydrogen-bond acceptors (Lipinski definition) is 3. The lowest BCUT2D eigenvalue weighted by atomic mass is 10.1. The van der Waals surface area contributed by atoms with Crippen LogP contribution in [0, 0.1) is 12.7 Å². The van der Waals surface area contributed by atoms with E-state index in [0.717, 1.165) is 28.3 Å². The Morgan fingerprint density at radius 1 is 1.32 bits per heavy atom. The molecular formula is C14H14FN3S. The number of benzene rings is 1. The van der Waals surface area contributed by atoms with Crippen LogP contribution < -0.4 is 5.73 Å². The van der Waals surface area contributed by atoms with E-state index in [9.17, 15) is 4.39 Å². The molecular weight excluding hydrogens is 261 g/mol. The van der Waals surface area contributed by atoms with Gasteiger partial charge in [-0.25, -0.2) is 9.37 Å². The van der Waals surface area contributed by atoms with Gasteiger partial charge in [0, 0.05) is 23.1 Å². The number of fused-ring (bicyclic) bond motifs is 1. The van der Waals surface area contributed by atoms with E-state index in [1.54, 1.807) is 23.5 Å². The van der Waals surface area contributed by atoms with Gasteiger partial charge in [0.25, 0.3) is 0 Å². The van der Waals surface area contributed by atoms with Gasteiger partial charge in [-0.2, -0.15) is 0 Å². The summed E-state index contributed by atoms with van der Waals surface area (Å²) in [4.78, 5) is 6.83. The van der Waals surface area contributed by atoms with E-state index in [-0.39, 0.29) is 5.82 Å². The molecule has 3 aromatic rings. The molecule has 3 rings (SSSR count). The topological polar surface area (TPSA) is 43.3 Å². The maximum Gasteiger partial charge on any atom is 0.194 e. The van der Waals surface area contributed by atoms with Crippen molar-refractivity contribution >= 4 is 16.3 Å². The van der Waals surface area contributed by atoms with Crippen LogP contribution in [-0.4, -0.2) is 15.9 Å². The molecule has 3 nitrogen and oxygen atoms in total. The zero-order valence-electron chi connectivity index (χ0n) is 10.6. The van der Waals surface area contributed by atoms with Gasteiger partial charge < -0.3 is 5.73 Å². The van der Waals surface area contributed by atoms with E-state index >= 15 is 0 Å². The quantitative estimate of drug-likeness (QED) is 0.798. The Morgan fingerprint density at radius 2 is 2.05 bits per heavy atom. The standard InChI is InChI=1S/C14H14FN3S/c1-9-8-18-12(6-7-16)13(17-14(18)19-9)10-2-4-11(15)5-3-10/h2-5,8H,6-7,16H2,1H3. The number of imidazole rings is 1. The molecule has 98 valence electrons. The van der Waals surface area contributed by atoms with Gasteiger partial charge in [-0.05, 0) is 37.7 Å². The van der Waals surface area contributed by atoms with Crippen molar-refractivity contribution in [2.24, 2.45) is 5.73 Å². The van der Waals surface area contributed by atoms with Crippen molar-refractivity contribution in [1.82, 2.24) is 9.38 Å². The summed E-state index contributed by atoms with van der Waals surface area (Å²) in [5.74, 6) is -0.235. The third kappa shape index (κ3) is 2.15. The fourth-order valence-electron chi connectivity index (χ4n) is 2.22. The molecule has 2 aromatic heterocycles. The summed E-state index contributed by atoms with van der Waals surface area (Å²) in [5.41, 5.74) is 8.61. The number of aryl methyl sites for hydroxylation is 1. The summed E-state index contributed by atoms with van der Waals surface area (Å²) < 4.78 is 15.1. The number of nitrogens with zero attached hydrogens (tertiary/aromatic N) is 2. The Bertz CT molecular complexity index is 712. The first-order valence-electron chi connectivity index (χ1n) is 6.12. The van der Waals surface area contributed by atoms with Crippen LogP contribution in [0.5, 0.6) is 0 Å². The van der Waals surface area contributed by atoms with Crippen molar-refractivity contribution in [3.05, 3.63) is 46.9 Å². The Kier molecular flexibility index (Phi) is 3.08. The second kappa shape index (κ2) is 4.75. The first kappa shape index (κ1) is 12.3. The first-order chi connectivity index (χ1) is 9.19. The van der Waals surface area contributed by atoms with Crippen LogP contribution in [0.2, 0.25) is 0 Å². The average Bonchev–Trinajstić information content (AvgIpc) is 2.89. The van der Waals surface area contributed by atoms with Crippen LogP contribution >= 0.6 is 11.3 Å². The van der Waals surface area contributed by atoms with Crippen LogP contribution in [-0.2, 0) is 6.42 Å². The molecule has 0 bridgehead atoms. The summed E-state index contributed by atoms with van der Waals surface area (Å²) in [7, 11) is 0. The van der Waals surface area contributed by atoms with Gasteiger partial charge >= 0.3 is 0 Å². The lowest BCUT2D eigenvalue weighted by Gasteiger charge is -2.03. The molecule has 0 aliphatic heterocycles. The molecule has 1 aromatic carbocycles. The summed E-state index contributed by atoms with van der Waals surface area (Å²) in [6.45, 7) is 2.63. The van der Waals surface area contributed by atoms with Crippen molar-refractivity contribution in [3.63, 3.8) is 0 Å². The van der Waals surface area contributed by atoms with Gasteiger partial charge in [0.1, 0.15) is 5.82 Å². The molecule has 0 aliphatic rings. The van der Waals surface area contributed by atoms with Crippen molar-refractivity contribution in [3.8, 4) is 11.3 Å². The smallest absolute Gasteiger partial charge is 0.194 e. The summed E-state index contributed by atoms with van der Waals surface area (Å²) in [6.07, 6.45) is 2.83. The highest BCUT2D eigenvalue weighted by Gasteiger charge is 2.15. The summed E-state index contributed by atoms with van der Waals surface area (Å²) in [6, 6.07) is 6.43. The molecule has 0 aliphatic carbocycles. The average molecular weight is 275 g/mol. The molecule has 0 atom stereocenters. The van der Waals surface area contributed by atoms with Crippen LogP contribution in [0.4, 0.5) is 4.39 Å². The largest absolute Gasteiger partial charge is 0.330 e. The number of nitrogens with two attached hydrogens (primary N) is 1. The molecule has 2 heterocycles. The van der Waals surface area contributed by atoms with Crippen molar-refractivity contribution in [1.29, 1.82) is 0 Å². The number of thiazole rings is 1. The van der Waals surface area contributed by atoms with Gasteiger partial charge in [-0.15, -0.1) is 11.3 Å². The Balaban J connectivity index is 2.19. The highest BCUT2D eigenvalue weighted by atomic mass is 32.1. The molecule has 0 unspecified atom stereocenters. The Labute approximate surface area is 114 Å². The molecule has 0 amide bonds. The van der Waals surface area contributed by atoms with Gasteiger partial charge in [-0.1, -0.05) is 0 Å². The van der Waals surface area contributed by atoms with Gasteiger partial charge in [0.15, 0.2) is 4.96 Å². The van der Waals surface area contributed by atoms with Crippen LogP contribution in [0.15, 0.2) is 30.5 Å². The van der Waals surface area contributed by atoms with Gasteiger partial charge in [0.2, 0.25) is 0 Å². The lowest BCUT2D eigenvalue weighted by Crippen LogP contribution is -2.05. The minimum atomic E-state index is -0.235. The molecule has 19 heavy (non-hydrogen) atoms. The number of halogens is 1. The van der Waals surface area contributed by atoms with E-state index in [2.05, 4.69) is 22.5 Å². The third-order valence-electron chi connectivity index (χ3n) is 3.04. The SMILES string of the molecule is Cc1cn2c(CCN)c(-c3ccc(F)cc3)nc2s1.